The van der Waals surface area contributed by atoms with E-state index in [1.165, 1.54) is 12.1 Å². The molecule has 0 radical (unpaired) electrons. The summed E-state index contributed by atoms with van der Waals surface area (Å²) in [5.41, 5.74) is -0.448. The maximum absolute atomic E-state index is 13.1. The summed E-state index contributed by atoms with van der Waals surface area (Å²) in [6, 6.07) is 5.66. The molecule has 5 heteroatoms. The van der Waals surface area contributed by atoms with Crippen molar-refractivity contribution in [1.82, 2.24) is 9.55 Å². The lowest BCUT2D eigenvalue weighted by Crippen LogP contribution is -2.13. The second-order valence-electron chi connectivity index (χ2n) is 5.15. The zero-order chi connectivity index (χ0) is 14.2. The van der Waals surface area contributed by atoms with Gasteiger partial charge in [-0.15, -0.1) is 0 Å². The lowest BCUT2D eigenvalue weighted by molar-refractivity contribution is -0.137. The van der Waals surface area contributed by atoms with Crippen molar-refractivity contribution in [3.05, 3.63) is 48.0 Å². The molecule has 1 aromatic carbocycles. The van der Waals surface area contributed by atoms with Crippen LogP contribution >= 0.6 is 0 Å². The van der Waals surface area contributed by atoms with E-state index in [1.807, 2.05) is 0 Å². The van der Waals surface area contributed by atoms with Gasteiger partial charge in [-0.3, -0.25) is 0 Å². The summed E-state index contributed by atoms with van der Waals surface area (Å²) in [6.45, 7) is 0. The number of hydrogen-bond donors (Lipinski definition) is 0. The monoisotopic (exact) mass is 280 g/mol. The molecule has 2 aromatic rings. The highest BCUT2D eigenvalue weighted by molar-refractivity contribution is 5.44. The quantitative estimate of drug-likeness (QED) is 0.789. The highest BCUT2D eigenvalue weighted by atomic mass is 19.4. The molecule has 0 N–H and O–H groups in total. The highest BCUT2D eigenvalue weighted by Crippen LogP contribution is 2.37. The number of nitrogens with zero attached hydrogens (tertiary/aromatic N) is 2. The predicted molar refractivity (Wildman–Crippen MR) is 69.8 cm³/mol. The summed E-state index contributed by atoms with van der Waals surface area (Å²) in [5, 5.41) is 0. The van der Waals surface area contributed by atoms with Crippen LogP contribution in [0.4, 0.5) is 13.2 Å². The number of benzene rings is 1. The fraction of sp³-hybridized carbons (Fsp3) is 0.400. The van der Waals surface area contributed by atoms with Crippen molar-refractivity contribution in [2.45, 2.75) is 37.8 Å². The Labute approximate surface area is 115 Å². The maximum Gasteiger partial charge on any atom is 0.418 e. The lowest BCUT2D eigenvalue weighted by Gasteiger charge is -2.17. The van der Waals surface area contributed by atoms with E-state index in [0.29, 0.717) is 0 Å². The van der Waals surface area contributed by atoms with Crippen molar-refractivity contribution >= 4 is 0 Å². The van der Waals surface area contributed by atoms with Gasteiger partial charge >= 0.3 is 6.18 Å². The number of alkyl halides is 3. The smallest absolute Gasteiger partial charge is 0.303 e. The summed E-state index contributed by atoms with van der Waals surface area (Å²) < 4.78 is 40.9. The largest absolute Gasteiger partial charge is 0.418 e. The molecule has 20 heavy (non-hydrogen) atoms. The first kappa shape index (κ1) is 13.2. The zero-order valence-electron chi connectivity index (χ0n) is 10.9. The van der Waals surface area contributed by atoms with Crippen LogP contribution in [0, 0.1) is 0 Å². The molecule has 0 aliphatic heterocycles. The van der Waals surface area contributed by atoms with Crippen LogP contribution in [0.25, 0.3) is 5.69 Å². The Morgan fingerprint density at radius 2 is 1.80 bits per heavy atom. The Morgan fingerprint density at radius 3 is 2.50 bits per heavy atom. The third-order valence-electron chi connectivity index (χ3n) is 3.86. The molecular formula is C15H15F3N2. The molecule has 1 aromatic heterocycles. The van der Waals surface area contributed by atoms with Crippen molar-refractivity contribution in [2.75, 3.05) is 0 Å². The van der Waals surface area contributed by atoms with E-state index in [-0.39, 0.29) is 11.6 Å². The third-order valence-corrected chi connectivity index (χ3v) is 3.86. The Bertz CT molecular complexity index is 595. The van der Waals surface area contributed by atoms with Crippen molar-refractivity contribution in [1.29, 1.82) is 0 Å². The molecule has 3 rings (SSSR count). The van der Waals surface area contributed by atoms with Gasteiger partial charge in [-0.1, -0.05) is 25.0 Å². The second kappa shape index (κ2) is 4.96. The minimum Gasteiger partial charge on any atom is -0.303 e. The number of aromatic nitrogens is 2. The molecule has 1 aliphatic rings. The third kappa shape index (κ3) is 2.32. The first-order valence-electron chi connectivity index (χ1n) is 6.77. The van der Waals surface area contributed by atoms with Crippen molar-refractivity contribution in [3.8, 4) is 5.69 Å². The average Bonchev–Trinajstić information content (AvgIpc) is 3.08. The standard InChI is InChI=1S/C15H15F3N2/c16-15(17,18)12-7-3-4-8-13(12)20-10-9-19-14(20)11-5-1-2-6-11/h3-4,7-11H,1-2,5-6H2. The average molecular weight is 280 g/mol. The SMILES string of the molecule is FC(F)(F)c1ccccc1-n1ccnc1C1CCCC1. The molecule has 0 bridgehead atoms. The van der Waals surface area contributed by atoms with Crippen LogP contribution in [0.2, 0.25) is 0 Å². The summed E-state index contributed by atoms with van der Waals surface area (Å²) in [4.78, 5) is 4.29. The fourth-order valence-corrected chi connectivity index (χ4v) is 2.93. The molecule has 1 saturated carbocycles. The van der Waals surface area contributed by atoms with Gasteiger partial charge in [-0.2, -0.15) is 13.2 Å². The van der Waals surface area contributed by atoms with Crippen LogP contribution in [0.15, 0.2) is 36.7 Å². The Hall–Kier alpha value is -1.78. The molecular weight excluding hydrogens is 265 g/mol. The number of hydrogen-bond acceptors (Lipinski definition) is 1. The summed E-state index contributed by atoms with van der Waals surface area (Å²) in [5.74, 6) is 1.02. The molecule has 1 fully saturated rings. The van der Waals surface area contributed by atoms with E-state index >= 15 is 0 Å². The first-order valence-corrected chi connectivity index (χ1v) is 6.77. The number of imidazole rings is 1. The van der Waals surface area contributed by atoms with Crippen molar-refractivity contribution < 1.29 is 13.2 Å². The van der Waals surface area contributed by atoms with Gasteiger partial charge in [0.1, 0.15) is 5.82 Å². The fourth-order valence-electron chi connectivity index (χ4n) is 2.93. The van der Waals surface area contributed by atoms with E-state index in [0.717, 1.165) is 37.6 Å². The normalized spacial score (nSPS) is 16.8. The zero-order valence-corrected chi connectivity index (χ0v) is 10.9. The van der Waals surface area contributed by atoms with Crippen LogP contribution < -0.4 is 0 Å². The van der Waals surface area contributed by atoms with Crippen LogP contribution in [-0.2, 0) is 6.18 Å². The number of rotatable bonds is 2. The van der Waals surface area contributed by atoms with E-state index in [4.69, 9.17) is 0 Å². The molecule has 0 unspecified atom stereocenters. The van der Waals surface area contributed by atoms with Gasteiger partial charge in [0.2, 0.25) is 0 Å². The van der Waals surface area contributed by atoms with Gasteiger partial charge in [-0.05, 0) is 25.0 Å². The molecule has 0 atom stereocenters. The van der Waals surface area contributed by atoms with Crippen LogP contribution in [-0.4, -0.2) is 9.55 Å². The molecule has 0 amide bonds. The van der Waals surface area contributed by atoms with Gasteiger partial charge < -0.3 is 4.57 Å². The minimum absolute atomic E-state index is 0.166. The lowest BCUT2D eigenvalue weighted by atomic mass is 10.1. The minimum atomic E-state index is -4.35. The summed E-state index contributed by atoms with van der Waals surface area (Å²) >= 11 is 0. The maximum atomic E-state index is 13.1. The van der Waals surface area contributed by atoms with Crippen LogP contribution in [0.1, 0.15) is 43.0 Å². The molecule has 1 aliphatic carbocycles. The second-order valence-corrected chi connectivity index (χ2v) is 5.15. The van der Waals surface area contributed by atoms with Crippen molar-refractivity contribution in [2.24, 2.45) is 0 Å². The first-order chi connectivity index (χ1) is 9.57. The van der Waals surface area contributed by atoms with Gasteiger partial charge in [0, 0.05) is 18.3 Å². The number of para-hydroxylation sites is 1. The summed E-state index contributed by atoms with van der Waals surface area (Å²) in [7, 11) is 0. The summed E-state index contributed by atoms with van der Waals surface area (Å²) in [6.07, 6.45) is 3.11. The van der Waals surface area contributed by atoms with Gasteiger partial charge in [0.05, 0.1) is 11.3 Å². The molecule has 106 valence electrons. The van der Waals surface area contributed by atoms with Crippen LogP contribution in [0.5, 0.6) is 0 Å². The van der Waals surface area contributed by atoms with E-state index in [9.17, 15) is 13.2 Å². The van der Waals surface area contributed by atoms with E-state index in [1.54, 1.807) is 23.0 Å². The van der Waals surface area contributed by atoms with E-state index < -0.39 is 11.7 Å². The van der Waals surface area contributed by atoms with Gasteiger partial charge in [-0.25, -0.2) is 4.98 Å². The molecule has 2 nitrogen and oxygen atoms in total. The van der Waals surface area contributed by atoms with E-state index in [2.05, 4.69) is 4.98 Å². The molecule has 0 spiro atoms. The van der Waals surface area contributed by atoms with Crippen LogP contribution in [0.3, 0.4) is 0 Å². The Kier molecular flexibility index (Phi) is 3.28. The van der Waals surface area contributed by atoms with Gasteiger partial charge in [0.25, 0.3) is 0 Å². The topological polar surface area (TPSA) is 17.8 Å². The Morgan fingerprint density at radius 1 is 1.10 bits per heavy atom. The van der Waals surface area contributed by atoms with Gasteiger partial charge in [0.15, 0.2) is 0 Å². The molecule has 1 heterocycles. The number of halogens is 3. The highest BCUT2D eigenvalue weighted by Gasteiger charge is 2.34. The van der Waals surface area contributed by atoms with Crippen molar-refractivity contribution in [3.63, 3.8) is 0 Å². The predicted octanol–water partition coefficient (Wildman–Crippen LogP) is 4.55. The Balaban J connectivity index is 2.08. The molecule has 0 saturated heterocycles.